The highest BCUT2D eigenvalue weighted by Crippen LogP contribution is 2.46. The molecule has 0 bridgehead atoms. The average Bonchev–Trinajstić information content (AvgIpc) is 3.93. The van der Waals surface area contributed by atoms with Crippen LogP contribution in [0.25, 0.3) is 91.9 Å². The summed E-state index contributed by atoms with van der Waals surface area (Å²) in [4.78, 5) is 2.30. The summed E-state index contributed by atoms with van der Waals surface area (Å²) >= 11 is 1.85. The lowest BCUT2D eigenvalue weighted by Crippen LogP contribution is -2.11. The van der Waals surface area contributed by atoms with Gasteiger partial charge in [-0.3, -0.25) is 0 Å². The molecule has 0 atom stereocenters. The number of benzene rings is 8. The molecule has 0 radical (unpaired) electrons. The number of allylic oxidation sites excluding steroid dienone is 4. The number of anilines is 2. The van der Waals surface area contributed by atoms with E-state index in [1.165, 1.54) is 86.2 Å². The Hall–Kier alpha value is -7.40. The Balaban J connectivity index is 0.961. The molecular weight excluding hydrogens is 723 g/mol. The number of aromatic nitrogens is 2. The summed E-state index contributed by atoms with van der Waals surface area (Å²) in [6.45, 7) is 4.61. The second kappa shape index (κ2) is 12.8. The summed E-state index contributed by atoms with van der Waals surface area (Å²) < 4.78 is 7.26. The molecule has 0 spiro atoms. The highest BCUT2D eigenvalue weighted by atomic mass is 32.1. The van der Waals surface area contributed by atoms with Crippen molar-refractivity contribution in [1.82, 2.24) is 9.13 Å². The molecule has 4 heteroatoms. The molecule has 8 aromatic carbocycles. The zero-order chi connectivity index (χ0) is 38.3. The SMILES string of the molecule is C=C1/C=C\C=C/N(c2ccc(-n3c4ccccc4c4ccccc43)cc2)c2ccc3c(sc4ccc(-c5ccc6c(c5)c5ccccc5n6-c5ccccc5)cc43)c21. The Morgan fingerprint density at radius 2 is 0.966 bits per heavy atom. The van der Waals surface area contributed by atoms with E-state index in [-0.39, 0.29) is 0 Å². The predicted molar refractivity (Wildman–Crippen MR) is 249 cm³/mol. The summed E-state index contributed by atoms with van der Waals surface area (Å²) in [5.74, 6) is 0. The maximum atomic E-state index is 4.61. The molecule has 1 aliphatic heterocycles. The van der Waals surface area contributed by atoms with E-state index >= 15 is 0 Å². The molecule has 1 aliphatic rings. The number of para-hydroxylation sites is 4. The topological polar surface area (TPSA) is 13.1 Å². The van der Waals surface area contributed by atoms with Gasteiger partial charge in [0.15, 0.2) is 0 Å². The standard InChI is InChI=1S/C54H35N3S/c1-35-13-11-12-32-55(38-24-26-40(27-25-38)57-47-19-8-5-16-41(47)42-17-6-9-20-48(42)57)51-30-28-44-46-34-37(23-31-52(46)58-54(44)53(35)51)36-22-29-50-45(33-36)43-18-7-10-21-49(43)56(50)39-14-3-2-4-15-39/h2-34H,1H2/b13-11-,32-12-. The first kappa shape index (κ1) is 32.8. The van der Waals surface area contributed by atoms with E-state index in [2.05, 4.69) is 221 Å². The van der Waals surface area contributed by atoms with Crippen LogP contribution in [-0.4, -0.2) is 9.13 Å². The zero-order valence-corrected chi connectivity index (χ0v) is 32.3. The molecule has 0 unspecified atom stereocenters. The van der Waals surface area contributed by atoms with E-state index < -0.39 is 0 Å². The van der Waals surface area contributed by atoms with Gasteiger partial charge in [0.25, 0.3) is 0 Å². The van der Waals surface area contributed by atoms with E-state index in [9.17, 15) is 0 Å². The average molecular weight is 758 g/mol. The highest BCUT2D eigenvalue weighted by molar-refractivity contribution is 7.26. The van der Waals surface area contributed by atoms with Crippen molar-refractivity contribution in [1.29, 1.82) is 0 Å². The Morgan fingerprint density at radius 3 is 1.66 bits per heavy atom. The molecule has 12 rings (SSSR count). The number of nitrogens with zero attached hydrogens (tertiary/aromatic N) is 3. The number of thiophene rings is 1. The van der Waals surface area contributed by atoms with Crippen molar-refractivity contribution in [3.63, 3.8) is 0 Å². The smallest absolute Gasteiger partial charge is 0.0548 e. The first-order chi connectivity index (χ1) is 28.7. The maximum Gasteiger partial charge on any atom is 0.0548 e. The highest BCUT2D eigenvalue weighted by Gasteiger charge is 2.21. The minimum Gasteiger partial charge on any atom is -0.317 e. The van der Waals surface area contributed by atoms with Gasteiger partial charge in [0, 0.05) is 70.5 Å². The molecular formula is C54H35N3S. The summed E-state index contributed by atoms with van der Waals surface area (Å²) in [6.07, 6.45) is 8.50. The minimum absolute atomic E-state index is 1.00. The molecule has 3 aromatic heterocycles. The van der Waals surface area contributed by atoms with Crippen LogP contribution in [0.2, 0.25) is 0 Å². The van der Waals surface area contributed by atoms with E-state index in [1.807, 2.05) is 11.3 Å². The first-order valence-electron chi connectivity index (χ1n) is 19.7. The Kier molecular flexibility index (Phi) is 7.25. The van der Waals surface area contributed by atoms with E-state index in [4.69, 9.17) is 0 Å². The molecule has 11 aromatic rings. The fourth-order valence-corrected chi connectivity index (χ4v) is 10.4. The molecule has 4 heterocycles. The first-order valence-corrected chi connectivity index (χ1v) is 20.5. The van der Waals surface area contributed by atoms with Crippen molar-refractivity contribution in [3.8, 4) is 22.5 Å². The van der Waals surface area contributed by atoms with E-state index in [1.54, 1.807) is 0 Å². The second-order valence-electron chi connectivity index (χ2n) is 15.1. The molecule has 58 heavy (non-hydrogen) atoms. The van der Waals surface area contributed by atoms with Crippen LogP contribution in [0.5, 0.6) is 0 Å². The van der Waals surface area contributed by atoms with Gasteiger partial charge < -0.3 is 14.0 Å². The van der Waals surface area contributed by atoms with E-state index in [0.717, 1.165) is 22.6 Å². The monoisotopic (exact) mass is 757 g/mol. The predicted octanol–water partition coefficient (Wildman–Crippen LogP) is 15.2. The third-order valence-electron chi connectivity index (χ3n) is 11.8. The lowest BCUT2D eigenvalue weighted by atomic mass is 9.97. The van der Waals surface area contributed by atoms with Crippen LogP contribution in [0, 0.1) is 0 Å². The second-order valence-corrected chi connectivity index (χ2v) is 16.1. The molecule has 0 N–H and O–H groups in total. The lowest BCUT2D eigenvalue weighted by Gasteiger charge is -2.26. The van der Waals surface area contributed by atoms with Crippen LogP contribution in [0.1, 0.15) is 5.56 Å². The van der Waals surface area contributed by atoms with Gasteiger partial charge in [0.1, 0.15) is 0 Å². The maximum absolute atomic E-state index is 4.61. The van der Waals surface area contributed by atoms with Crippen LogP contribution < -0.4 is 4.90 Å². The van der Waals surface area contributed by atoms with Gasteiger partial charge in [0.2, 0.25) is 0 Å². The van der Waals surface area contributed by atoms with Gasteiger partial charge >= 0.3 is 0 Å². The number of rotatable bonds is 4. The Bertz CT molecular complexity index is 3470. The van der Waals surface area contributed by atoms with Crippen molar-refractivity contribution < 1.29 is 0 Å². The van der Waals surface area contributed by atoms with Gasteiger partial charge in [0.05, 0.1) is 27.8 Å². The van der Waals surface area contributed by atoms with Crippen LogP contribution in [0.15, 0.2) is 207 Å². The summed E-state index contributed by atoms with van der Waals surface area (Å²) in [6, 6.07) is 64.1. The molecule has 0 saturated heterocycles. The van der Waals surface area contributed by atoms with Gasteiger partial charge in [-0.1, -0.05) is 110 Å². The fraction of sp³-hybridized carbons (Fsp3) is 0. The third-order valence-corrected chi connectivity index (χ3v) is 13.0. The molecule has 0 aliphatic carbocycles. The van der Waals surface area contributed by atoms with Crippen LogP contribution >= 0.6 is 11.3 Å². The summed E-state index contributed by atoms with van der Waals surface area (Å²) in [5, 5.41) is 7.57. The Labute approximate surface area is 339 Å². The molecule has 0 fully saturated rings. The lowest BCUT2D eigenvalue weighted by molar-refractivity contribution is 1.17. The minimum atomic E-state index is 1.00. The zero-order valence-electron chi connectivity index (χ0n) is 31.5. The largest absolute Gasteiger partial charge is 0.317 e. The molecule has 0 saturated carbocycles. The van der Waals surface area contributed by atoms with Crippen LogP contribution in [0.4, 0.5) is 11.4 Å². The summed E-state index contributed by atoms with van der Waals surface area (Å²) in [5.41, 5.74) is 14.0. The molecule has 0 amide bonds. The summed E-state index contributed by atoms with van der Waals surface area (Å²) in [7, 11) is 0. The van der Waals surface area contributed by atoms with Crippen LogP contribution in [-0.2, 0) is 0 Å². The fourth-order valence-electron chi connectivity index (χ4n) is 9.19. The van der Waals surface area contributed by atoms with Gasteiger partial charge in [-0.05, 0) is 108 Å². The van der Waals surface area contributed by atoms with Crippen molar-refractivity contribution in [3.05, 3.63) is 212 Å². The number of fused-ring (bicyclic) bond motifs is 11. The number of hydrogen-bond acceptors (Lipinski definition) is 2. The third kappa shape index (κ3) is 4.92. The van der Waals surface area contributed by atoms with Crippen molar-refractivity contribution in [2.75, 3.05) is 4.90 Å². The van der Waals surface area contributed by atoms with E-state index in [0.29, 0.717) is 0 Å². The number of hydrogen-bond donors (Lipinski definition) is 0. The van der Waals surface area contributed by atoms with Crippen molar-refractivity contribution >= 4 is 92.1 Å². The van der Waals surface area contributed by atoms with Crippen molar-refractivity contribution in [2.24, 2.45) is 0 Å². The molecule has 3 nitrogen and oxygen atoms in total. The van der Waals surface area contributed by atoms with Crippen LogP contribution in [0.3, 0.4) is 0 Å². The normalized spacial score (nSPS) is 14.1. The van der Waals surface area contributed by atoms with Crippen molar-refractivity contribution in [2.45, 2.75) is 0 Å². The van der Waals surface area contributed by atoms with Gasteiger partial charge in [-0.25, -0.2) is 0 Å². The quantitative estimate of drug-likeness (QED) is 0.174. The van der Waals surface area contributed by atoms with Gasteiger partial charge in [-0.15, -0.1) is 11.3 Å². The Morgan fingerprint density at radius 1 is 0.414 bits per heavy atom. The van der Waals surface area contributed by atoms with Gasteiger partial charge in [-0.2, -0.15) is 0 Å². The molecule has 272 valence electrons.